The van der Waals surface area contributed by atoms with E-state index in [1.807, 2.05) is 49.5 Å². The molecule has 2 nitrogen and oxygen atoms in total. The molecule has 5 heteroatoms. The van der Waals surface area contributed by atoms with Crippen LogP contribution in [-0.4, -0.2) is 7.05 Å². The van der Waals surface area contributed by atoms with Crippen molar-refractivity contribution in [2.45, 2.75) is 6.54 Å². The summed E-state index contributed by atoms with van der Waals surface area (Å²) in [6.45, 7) is 0.765. The minimum absolute atomic E-state index is 0. The normalized spacial score (nSPS) is 9.84. The first kappa shape index (κ1) is 16.3. The summed E-state index contributed by atoms with van der Waals surface area (Å²) in [5.41, 5.74) is 1.11. The molecule has 0 spiro atoms. The van der Waals surface area contributed by atoms with Gasteiger partial charge < -0.3 is 10.1 Å². The molecule has 0 radical (unpaired) electrons. The number of benzene rings is 2. The predicted octanol–water partition coefficient (Wildman–Crippen LogP) is 5.04. The lowest BCUT2D eigenvalue weighted by atomic mass is 10.2. The zero-order valence-corrected chi connectivity index (χ0v) is 13.5. The van der Waals surface area contributed by atoms with Crippen molar-refractivity contribution < 1.29 is 4.74 Å². The summed E-state index contributed by atoms with van der Waals surface area (Å²) in [6.07, 6.45) is 0. The van der Waals surface area contributed by atoms with Crippen LogP contribution in [0.15, 0.2) is 46.9 Å². The lowest BCUT2D eigenvalue weighted by Gasteiger charge is -2.12. The maximum absolute atomic E-state index is 5.91. The van der Waals surface area contributed by atoms with E-state index in [-0.39, 0.29) is 12.4 Å². The van der Waals surface area contributed by atoms with Gasteiger partial charge in [-0.25, -0.2) is 0 Å². The van der Waals surface area contributed by atoms with Crippen molar-refractivity contribution in [3.05, 3.63) is 57.5 Å². The van der Waals surface area contributed by atoms with E-state index in [1.165, 1.54) is 0 Å². The van der Waals surface area contributed by atoms with Crippen LogP contribution in [0, 0.1) is 0 Å². The number of rotatable bonds is 4. The highest BCUT2D eigenvalue weighted by molar-refractivity contribution is 9.10. The van der Waals surface area contributed by atoms with Crippen LogP contribution in [0.2, 0.25) is 5.02 Å². The molecule has 0 atom stereocenters. The van der Waals surface area contributed by atoms with Crippen molar-refractivity contribution in [1.82, 2.24) is 5.32 Å². The van der Waals surface area contributed by atoms with Crippen LogP contribution in [-0.2, 0) is 6.54 Å². The van der Waals surface area contributed by atoms with Gasteiger partial charge in [-0.1, -0.05) is 29.8 Å². The smallest absolute Gasteiger partial charge is 0.141 e. The number of halogens is 3. The number of hydrogen-bond donors (Lipinski definition) is 1. The minimum atomic E-state index is 0. The van der Waals surface area contributed by atoms with Gasteiger partial charge in [-0.3, -0.25) is 0 Å². The summed E-state index contributed by atoms with van der Waals surface area (Å²) >= 11 is 9.35. The number of ether oxygens (including phenoxy) is 1. The summed E-state index contributed by atoms with van der Waals surface area (Å²) in [5, 5.41) is 3.80. The molecule has 0 aliphatic rings. The second-order valence-electron chi connectivity index (χ2n) is 3.81. The molecule has 0 unspecified atom stereocenters. The summed E-state index contributed by atoms with van der Waals surface area (Å²) in [6, 6.07) is 13.4. The van der Waals surface area contributed by atoms with Crippen molar-refractivity contribution in [2.75, 3.05) is 7.05 Å². The van der Waals surface area contributed by atoms with E-state index in [0.717, 1.165) is 28.1 Å². The van der Waals surface area contributed by atoms with Crippen molar-refractivity contribution in [2.24, 2.45) is 0 Å². The molecule has 0 saturated heterocycles. The van der Waals surface area contributed by atoms with Crippen LogP contribution < -0.4 is 10.1 Å². The third-order valence-corrected chi connectivity index (χ3v) is 3.31. The average Bonchev–Trinajstić information content (AvgIpc) is 2.35. The van der Waals surface area contributed by atoms with Crippen molar-refractivity contribution in [3.8, 4) is 11.5 Å². The predicted molar refractivity (Wildman–Crippen MR) is 85.7 cm³/mol. The highest BCUT2D eigenvalue weighted by atomic mass is 79.9. The standard InChI is InChI=1S/C14H13BrClNO.ClH/c1-17-9-10-4-2-3-5-13(10)18-14-7-6-11(16)8-12(14)15;/h2-8,17H,9H2,1H3;1H. The van der Waals surface area contributed by atoms with Crippen LogP contribution in [0.4, 0.5) is 0 Å². The van der Waals surface area contributed by atoms with Crippen LogP contribution in [0.5, 0.6) is 11.5 Å². The molecule has 0 bridgehead atoms. The lowest BCUT2D eigenvalue weighted by Crippen LogP contribution is -2.06. The Hall–Kier alpha value is -0.740. The second kappa shape index (κ2) is 7.75. The fourth-order valence-electron chi connectivity index (χ4n) is 1.62. The highest BCUT2D eigenvalue weighted by Gasteiger charge is 2.06. The lowest BCUT2D eigenvalue weighted by molar-refractivity contribution is 0.471. The van der Waals surface area contributed by atoms with Gasteiger partial charge in [0.05, 0.1) is 4.47 Å². The Morgan fingerprint density at radius 3 is 2.58 bits per heavy atom. The average molecular weight is 363 g/mol. The van der Waals surface area contributed by atoms with E-state index in [2.05, 4.69) is 21.2 Å². The van der Waals surface area contributed by atoms with Crippen molar-refractivity contribution in [3.63, 3.8) is 0 Å². The molecule has 2 aromatic carbocycles. The SMILES string of the molecule is CNCc1ccccc1Oc1ccc(Cl)cc1Br.Cl. The highest BCUT2D eigenvalue weighted by Crippen LogP contribution is 2.33. The van der Waals surface area contributed by atoms with Gasteiger partial charge in [0.15, 0.2) is 0 Å². The molecule has 2 rings (SSSR count). The molecular weight excluding hydrogens is 349 g/mol. The Bertz CT molecular complexity index is 549. The first-order chi connectivity index (χ1) is 8.70. The number of hydrogen-bond acceptors (Lipinski definition) is 2. The molecule has 0 aliphatic heterocycles. The Kier molecular flexibility index (Phi) is 6.66. The molecule has 0 aromatic heterocycles. The van der Waals surface area contributed by atoms with E-state index in [0.29, 0.717) is 5.02 Å². The first-order valence-corrected chi connectivity index (χ1v) is 6.73. The molecule has 0 fully saturated rings. The second-order valence-corrected chi connectivity index (χ2v) is 5.11. The number of para-hydroxylation sites is 1. The quantitative estimate of drug-likeness (QED) is 0.822. The van der Waals surface area contributed by atoms with E-state index in [9.17, 15) is 0 Å². The summed E-state index contributed by atoms with van der Waals surface area (Å²) in [5.74, 6) is 1.60. The van der Waals surface area contributed by atoms with Gasteiger partial charge in [-0.05, 0) is 47.2 Å². The van der Waals surface area contributed by atoms with Crippen molar-refractivity contribution >= 4 is 39.9 Å². The van der Waals surface area contributed by atoms with Crippen LogP contribution >= 0.6 is 39.9 Å². The Morgan fingerprint density at radius 2 is 1.89 bits per heavy atom. The largest absolute Gasteiger partial charge is 0.456 e. The van der Waals surface area contributed by atoms with Crippen LogP contribution in [0.25, 0.3) is 0 Å². The van der Waals surface area contributed by atoms with Gasteiger partial charge in [-0.2, -0.15) is 0 Å². The topological polar surface area (TPSA) is 21.3 Å². The Balaban J connectivity index is 0.00000180. The first-order valence-electron chi connectivity index (χ1n) is 5.56. The Labute approximate surface area is 132 Å². The van der Waals surface area contributed by atoms with Gasteiger partial charge in [0.25, 0.3) is 0 Å². The minimum Gasteiger partial charge on any atom is -0.456 e. The van der Waals surface area contributed by atoms with Crippen LogP contribution in [0.3, 0.4) is 0 Å². The summed E-state index contributed by atoms with van der Waals surface area (Å²) < 4.78 is 6.74. The molecule has 0 aliphatic carbocycles. The summed E-state index contributed by atoms with van der Waals surface area (Å²) in [7, 11) is 1.91. The van der Waals surface area contributed by atoms with Gasteiger partial charge in [0.1, 0.15) is 11.5 Å². The van der Waals surface area contributed by atoms with Crippen LogP contribution in [0.1, 0.15) is 5.56 Å². The van der Waals surface area contributed by atoms with Gasteiger partial charge >= 0.3 is 0 Å². The maximum atomic E-state index is 5.91. The van der Waals surface area contributed by atoms with E-state index >= 15 is 0 Å². The molecule has 1 N–H and O–H groups in total. The van der Waals surface area contributed by atoms with E-state index < -0.39 is 0 Å². The third-order valence-electron chi connectivity index (χ3n) is 2.45. The molecule has 2 aromatic rings. The van der Waals surface area contributed by atoms with Gasteiger partial charge in [-0.15, -0.1) is 12.4 Å². The molecular formula is C14H14BrCl2NO. The fourth-order valence-corrected chi connectivity index (χ4v) is 2.38. The van der Waals surface area contributed by atoms with Crippen molar-refractivity contribution in [1.29, 1.82) is 0 Å². The van der Waals surface area contributed by atoms with E-state index in [4.69, 9.17) is 16.3 Å². The third kappa shape index (κ3) is 4.39. The van der Waals surface area contributed by atoms with E-state index in [1.54, 1.807) is 0 Å². The molecule has 102 valence electrons. The molecule has 0 amide bonds. The molecule has 19 heavy (non-hydrogen) atoms. The van der Waals surface area contributed by atoms with Gasteiger partial charge in [0, 0.05) is 17.1 Å². The fraction of sp³-hybridized carbons (Fsp3) is 0.143. The Morgan fingerprint density at radius 1 is 1.16 bits per heavy atom. The molecule has 0 saturated carbocycles. The molecule has 0 heterocycles. The monoisotopic (exact) mass is 361 g/mol. The zero-order valence-electron chi connectivity index (χ0n) is 10.3. The zero-order chi connectivity index (χ0) is 13.0. The summed E-state index contributed by atoms with van der Waals surface area (Å²) in [4.78, 5) is 0. The van der Waals surface area contributed by atoms with Gasteiger partial charge in [0.2, 0.25) is 0 Å². The maximum Gasteiger partial charge on any atom is 0.141 e. The number of nitrogens with one attached hydrogen (secondary N) is 1.